The second-order valence-corrected chi connectivity index (χ2v) is 7.69. The van der Waals surface area contributed by atoms with Gasteiger partial charge in [-0.3, -0.25) is 9.36 Å². The molecule has 158 valence electrons. The lowest BCUT2D eigenvalue weighted by Gasteiger charge is -2.10. The van der Waals surface area contributed by atoms with Crippen molar-refractivity contribution in [3.8, 4) is 0 Å². The molecule has 0 bridgehead atoms. The Labute approximate surface area is 185 Å². The van der Waals surface area contributed by atoms with Crippen molar-refractivity contribution in [2.45, 2.75) is 26.9 Å². The Hall–Kier alpha value is -3.52. The molecular weight excluding hydrogens is 411 g/mol. The van der Waals surface area contributed by atoms with Crippen LogP contribution < -0.4 is 10.6 Å². The molecule has 2 aromatic carbocycles. The van der Waals surface area contributed by atoms with Crippen LogP contribution in [0, 0.1) is 19.7 Å². The second kappa shape index (κ2) is 9.09. The van der Waals surface area contributed by atoms with Gasteiger partial charge in [0.05, 0.1) is 42.0 Å². The summed E-state index contributed by atoms with van der Waals surface area (Å²) in [7, 11) is 0. The number of thiocarbonyl (C=S) groups is 1. The Balaban J connectivity index is 1.40. The molecule has 0 spiro atoms. The van der Waals surface area contributed by atoms with Crippen molar-refractivity contribution in [3.63, 3.8) is 0 Å². The summed E-state index contributed by atoms with van der Waals surface area (Å²) < 4.78 is 17.5. The van der Waals surface area contributed by atoms with Crippen LogP contribution in [0.4, 0.5) is 15.8 Å². The molecule has 2 aromatic heterocycles. The van der Waals surface area contributed by atoms with E-state index in [1.807, 2.05) is 42.8 Å². The summed E-state index contributed by atoms with van der Waals surface area (Å²) in [6.07, 6.45) is 3.45. The van der Waals surface area contributed by atoms with Crippen molar-refractivity contribution >= 4 is 28.7 Å². The summed E-state index contributed by atoms with van der Waals surface area (Å²) in [5, 5.41) is 15.7. The van der Waals surface area contributed by atoms with E-state index in [4.69, 9.17) is 12.2 Å². The van der Waals surface area contributed by atoms with Crippen LogP contribution in [0.15, 0.2) is 67.0 Å². The monoisotopic (exact) mass is 434 g/mol. The van der Waals surface area contributed by atoms with E-state index in [1.165, 1.54) is 11.6 Å². The van der Waals surface area contributed by atoms with E-state index in [0.717, 1.165) is 22.8 Å². The number of benzene rings is 2. The van der Waals surface area contributed by atoms with E-state index in [9.17, 15) is 4.39 Å². The standard InChI is InChI=1S/C23H23FN6S/c1-16-22(17(2)30(28-16)13-18-8-4-3-5-9-18)27-23(31)26-20-12-25-29(15-20)14-19-10-6-7-11-21(19)24/h3-12,15H,13-14H2,1-2H3,(H2,26,27,31). The maximum Gasteiger partial charge on any atom is 0.175 e. The highest BCUT2D eigenvalue weighted by Gasteiger charge is 2.13. The number of aromatic nitrogens is 4. The Bertz CT molecular complexity index is 1200. The molecule has 0 amide bonds. The van der Waals surface area contributed by atoms with Crippen molar-refractivity contribution in [2.75, 3.05) is 10.6 Å². The predicted octanol–water partition coefficient (Wildman–Crippen LogP) is 4.74. The third-order valence-corrected chi connectivity index (χ3v) is 5.18. The number of hydrogen-bond acceptors (Lipinski definition) is 3. The summed E-state index contributed by atoms with van der Waals surface area (Å²) in [4.78, 5) is 0. The number of nitrogens with zero attached hydrogens (tertiary/aromatic N) is 4. The van der Waals surface area contributed by atoms with E-state index in [1.54, 1.807) is 29.2 Å². The number of hydrogen-bond donors (Lipinski definition) is 2. The van der Waals surface area contributed by atoms with Crippen molar-refractivity contribution < 1.29 is 4.39 Å². The smallest absolute Gasteiger partial charge is 0.175 e. The second-order valence-electron chi connectivity index (χ2n) is 7.29. The quantitative estimate of drug-likeness (QED) is 0.429. The maximum atomic E-state index is 13.9. The lowest BCUT2D eigenvalue weighted by atomic mass is 10.2. The summed E-state index contributed by atoms with van der Waals surface area (Å²) in [5.74, 6) is -0.247. The van der Waals surface area contributed by atoms with Gasteiger partial charge in [-0.1, -0.05) is 48.5 Å². The number of nitrogens with one attached hydrogen (secondary N) is 2. The van der Waals surface area contributed by atoms with E-state index in [2.05, 4.69) is 33.0 Å². The molecule has 31 heavy (non-hydrogen) atoms. The lowest BCUT2D eigenvalue weighted by molar-refractivity contribution is 0.585. The fourth-order valence-electron chi connectivity index (χ4n) is 3.38. The van der Waals surface area contributed by atoms with Gasteiger partial charge in [0.2, 0.25) is 0 Å². The van der Waals surface area contributed by atoms with Crippen molar-refractivity contribution in [3.05, 3.63) is 95.3 Å². The Morgan fingerprint density at radius 1 is 1.00 bits per heavy atom. The van der Waals surface area contributed by atoms with E-state index >= 15 is 0 Å². The van der Waals surface area contributed by atoms with Gasteiger partial charge in [0, 0.05) is 11.8 Å². The first kappa shape index (κ1) is 20.7. The van der Waals surface area contributed by atoms with E-state index in [0.29, 0.717) is 23.8 Å². The van der Waals surface area contributed by atoms with Gasteiger partial charge in [-0.15, -0.1) is 0 Å². The first-order chi connectivity index (χ1) is 15.0. The van der Waals surface area contributed by atoms with Crippen LogP contribution in [0.3, 0.4) is 0 Å². The van der Waals surface area contributed by atoms with Crippen LogP contribution in [0.1, 0.15) is 22.5 Å². The first-order valence-corrected chi connectivity index (χ1v) is 10.3. The zero-order valence-electron chi connectivity index (χ0n) is 17.3. The van der Waals surface area contributed by atoms with Gasteiger partial charge in [-0.25, -0.2) is 4.39 Å². The SMILES string of the molecule is Cc1nn(Cc2ccccc2)c(C)c1NC(=S)Nc1cnn(Cc2ccccc2F)c1. The van der Waals surface area contributed by atoms with Crippen molar-refractivity contribution in [2.24, 2.45) is 0 Å². The molecule has 6 nitrogen and oxygen atoms in total. The summed E-state index contributed by atoms with van der Waals surface area (Å²) >= 11 is 5.48. The first-order valence-electron chi connectivity index (χ1n) is 9.91. The predicted molar refractivity (Wildman–Crippen MR) is 125 cm³/mol. The van der Waals surface area contributed by atoms with E-state index < -0.39 is 0 Å². The van der Waals surface area contributed by atoms with Gasteiger partial charge in [0.25, 0.3) is 0 Å². The fourth-order valence-corrected chi connectivity index (χ4v) is 3.60. The molecule has 2 N–H and O–H groups in total. The zero-order chi connectivity index (χ0) is 21.8. The number of anilines is 2. The molecule has 0 aliphatic heterocycles. The average Bonchev–Trinajstić information content (AvgIpc) is 3.29. The normalized spacial score (nSPS) is 10.8. The molecule has 0 unspecified atom stereocenters. The molecular formula is C23H23FN6S. The number of rotatable bonds is 6. The topological polar surface area (TPSA) is 59.7 Å². The minimum absolute atomic E-state index is 0.247. The van der Waals surface area contributed by atoms with Crippen LogP contribution in [-0.4, -0.2) is 24.7 Å². The third kappa shape index (κ3) is 4.97. The van der Waals surface area contributed by atoms with Crippen LogP contribution in [0.2, 0.25) is 0 Å². The summed E-state index contributed by atoms with van der Waals surface area (Å²) in [5.41, 5.74) is 5.24. The summed E-state index contributed by atoms with van der Waals surface area (Å²) in [6, 6.07) is 16.9. The molecule has 0 atom stereocenters. The minimum atomic E-state index is -0.247. The lowest BCUT2D eigenvalue weighted by Crippen LogP contribution is -2.19. The zero-order valence-corrected chi connectivity index (χ0v) is 18.2. The maximum absolute atomic E-state index is 13.9. The molecule has 4 rings (SSSR count). The van der Waals surface area contributed by atoms with Gasteiger partial charge in [0.1, 0.15) is 5.82 Å². The van der Waals surface area contributed by atoms with Gasteiger partial charge in [-0.2, -0.15) is 10.2 Å². The highest BCUT2D eigenvalue weighted by molar-refractivity contribution is 7.80. The van der Waals surface area contributed by atoms with Crippen LogP contribution in [0.5, 0.6) is 0 Å². The number of halogens is 1. The minimum Gasteiger partial charge on any atom is -0.330 e. The average molecular weight is 435 g/mol. The van der Waals surface area contributed by atoms with Gasteiger partial charge in [-0.05, 0) is 37.7 Å². The fraction of sp³-hybridized carbons (Fsp3) is 0.174. The van der Waals surface area contributed by atoms with Crippen LogP contribution >= 0.6 is 12.2 Å². The summed E-state index contributed by atoms with van der Waals surface area (Å²) in [6.45, 7) is 5.00. The molecule has 8 heteroatoms. The van der Waals surface area contributed by atoms with Crippen molar-refractivity contribution in [1.82, 2.24) is 19.6 Å². The molecule has 0 radical (unpaired) electrons. The molecule has 2 heterocycles. The third-order valence-electron chi connectivity index (χ3n) is 4.98. The molecule has 0 saturated carbocycles. The van der Waals surface area contributed by atoms with Crippen LogP contribution in [-0.2, 0) is 13.1 Å². The van der Waals surface area contributed by atoms with Gasteiger partial charge in [0.15, 0.2) is 5.11 Å². The van der Waals surface area contributed by atoms with E-state index in [-0.39, 0.29) is 5.82 Å². The Morgan fingerprint density at radius 3 is 2.52 bits per heavy atom. The van der Waals surface area contributed by atoms with Crippen LogP contribution in [0.25, 0.3) is 0 Å². The largest absolute Gasteiger partial charge is 0.330 e. The molecule has 0 fully saturated rings. The Morgan fingerprint density at radius 2 is 1.74 bits per heavy atom. The molecule has 0 aliphatic rings. The van der Waals surface area contributed by atoms with Gasteiger partial charge < -0.3 is 10.6 Å². The Kier molecular flexibility index (Phi) is 6.08. The molecule has 0 aliphatic carbocycles. The molecule has 0 saturated heterocycles. The highest BCUT2D eigenvalue weighted by Crippen LogP contribution is 2.21. The van der Waals surface area contributed by atoms with Crippen molar-refractivity contribution in [1.29, 1.82) is 0 Å². The highest BCUT2D eigenvalue weighted by atomic mass is 32.1. The molecule has 4 aromatic rings. The van der Waals surface area contributed by atoms with Gasteiger partial charge >= 0.3 is 0 Å². The number of aryl methyl sites for hydroxylation is 1.